The number of rotatable bonds is 6. The van der Waals surface area contributed by atoms with Gasteiger partial charge in [0, 0.05) is 0 Å². The molecule has 0 bridgehead atoms. The highest BCUT2D eigenvalue weighted by molar-refractivity contribution is 5.12. The van der Waals surface area contributed by atoms with E-state index in [1.807, 2.05) is 0 Å². The van der Waals surface area contributed by atoms with E-state index < -0.39 is 60.1 Å². The normalized spacial score (nSPS) is 16.9. The molecule has 0 unspecified atom stereocenters. The largest absolute Gasteiger partial charge is 0.438 e. The monoisotopic (exact) mass is 554 g/mol. The molecule has 0 radical (unpaired) electrons. The zero-order chi connectivity index (χ0) is 27.7. The van der Waals surface area contributed by atoms with Crippen molar-refractivity contribution in [3.8, 4) is 0 Å². The van der Waals surface area contributed by atoms with Gasteiger partial charge in [-0.25, -0.2) is 13.5 Å². The first-order valence-corrected chi connectivity index (χ1v) is 6.57. The Labute approximate surface area is 163 Å². The van der Waals surface area contributed by atoms with Gasteiger partial charge in [-0.3, -0.25) is 0 Å². The molecule has 200 valence electrons. The van der Waals surface area contributed by atoms with Gasteiger partial charge in [0.2, 0.25) is 0 Å². The minimum absolute atomic E-state index is 0.781. The van der Waals surface area contributed by atoms with Crippen LogP contribution in [0.4, 0.5) is 96.6 Å². The Hall–Kier alpha value is -1.58. The van der Waals surface area contributed by atoms with Gasteiger partial charge in [-0.05, 0) is 0 Å². The molecule has 0 aromatic heterocycles. The molecule has 0 rings (SSSR count). The molecular formula is C10F22O. The summed E-state index contributed by atoms with van der Waals surface area (Å²) < 4.78 is 277. The van der Waals surface area contributed by atoms with E-state index in [-0.39, 0.29) is 0 Å². The fourth-order valence-electron chi connectivity index (χ4n) is 1.72. The Morgan fingerprint density at radius 3 is 0.545 bits per heavy atom. The summed E-state index contributed by atoms with van der Waals surface area (Å²) in [5, 5.41) is 0. The molecule has 0 saturated heterocycles. The highest BCUT2D eigenvalue weighted by Gasteiger charge is 2.95. The Morgan fingerprint density at radius 1 is 0.273 bits per heavy atom. The maximum Gasteiger partial charge on any atom is 0.438 e. The van der Waals surface area contributed by atoms with Crippen LogP contribution in [0.25, 0.3) is 0 Å². The maximum atomic E-state index is 13.1. The van der Waals surface area contributed by atoms with Crippen LogP contribution < -0.4 is 0 Å². The summed E-state index contributed by atoms with van der Waals surface area (Å²) in [5.41, 5.74) is -17.4. The van der Waals surface area contributed by atoms with Gasteiger partial charge in [-0.2, -0.15) is 87.8 Å². The molecule has 0 aliphatic heterocycles. The molecule has 0 heterocycles. The van der Waals surface area contributed by atoms with Gasteiger partial charge < -0.3 is 0 Å². The van der Waals surface area contributed by atoms with Gasteiger partial charge in [0.15, 0.2) is 0 Å². The number of hydrogen-bond donors (Lipinski definition) is 0. The Balaban J connectivity index is 6.92. The quantitative estimate of drug-likeness (QED) is 0.318. The lowest BCUT2D eigenvalue weighted by Crippen LogP contribution is -2.74. The molecule has 0 aromatic rings. The number of alkyl halides is 22. The van der Waals surface area contributed by atoms with Gasteiger partial charge in [-0.1, -0.05) is 0 Å². The fourth-order valence-corrected chi connectivity index (χ4v) is 1.72. The Kier molecular flexibility index (Phi) is 7.10. The first-order chi connectivity index (χ1) is 13.7. The van der Waals surface area contributed by atoms with Gasteiger partial charge in [-0.15, -0.1) is 0 Å². The van der Waals surface area contributed by atoms with Gasteiger partial charge in [0.05, 0.1) is 0 Å². The molecule has 0 aliphatic rings. The van der Waals surface area contributed by atoms with Crippen LogP contribution in [0, 0.1) is 0 Å². The molecular weight excluding hydrogens is 554 g/mol. The summed E-state index contributed by atoms with van der Waals surface area (Å²) in [6.07, 6.45) is -50.4. The first-order valence-electron chi connectivity index (χ1n) is 6.57. The topological polar surface area (TPSA) is 9.23 Å². The van der Waals surface area contributed by atoms with E-state index in [4.69, 9.17) is 0 Å². The van der Waals surface area contributed by atoms with Crippen molar-refractivity contribution < 1.29 is 101 Å². The second kappa shape index (κ2) is 7.46. The zero-order valence-corrected chi connectivity index (χ0v) is 13.7. The molecule has 0 atom stereocenters. The standard InChI is InChI=1S/C10F22O/c11-1(5(17,18)19,6(20,21)22)3(13,14)9(29,30)33-10(31,32)4(15,16)2(12,7(23,24)25)8(26,27)28. The smallest absolute Gasteiger partial charge is 0.245 e. The molecule has 33 heavy (non-hydrogen) atoms. The molecule has 0 aliphatic carbocycles. The second-order valence-corrected chi connectivity index (χ2v) is 5.59. The maximum absolute atomic E-state index is 13.1. The minimum Gasteiger partial charge on any atom is -0.245 e. The molecule has 1 nitrogen and oxygen atoms in total. The van der Waals surface area contributed by atoms with Gasteiger partial charge in [0.1, 0.15) is 0 Å². The van der Waals surface area contributed by atoms with Crippen molar-refractivity contribution in [2.45, 2.75) is 60.1 Å². The predicted molar refractivity (Wildman–Crippen MR) is 52.8 cm³/mol. The average Bonchev–Trinajstić information content (AvgIpc) is 2.46. The molecule has 0 fully saturated rings. The first kappa shape index (κ1) is 31.4. The summed E-state index contributed by atoms with van der Waals surface area (Å²) >= 11 is 0. The summed E-state index contributed by atoms with van der Waals surface area (Å²) in [6.45, 7) is 0. The van der Waals surface area contributed by atoms with E-state index in [2.05, 4.69) is 0 Å². The summed E-state index contributed by atoms with van der Waals surface area (Å²) in [7, 11) is 0. The summed E-state index contributed by atoms with van der Waals surface area (Å²) in [5.74, 6) is -17.7. The SMILES string of the molecule is FC(F)(F)C(F)(C(F)(F)F)C(F)(F)C(F)(F)OC(F)(F)C(F)(F)C(F)(C(F)(F)F)C(F)(F)F. The van der Waals surface area contributed by atoms with Gasteiger partial charge >= 0.3 is 60.1 Å². The fraction of sp³-hybridized carbons (Fsp3) is 1.00. The molecule has 0 saturated carbocycles. The molecule has 0 spiro atoms. The lowest BCUT2D eigenvalue weighted by atomic mass is 9.93. The highest BCUT2D eigenvalue weighted by atomic mass is 19.4. The number of hydrogen-bond acceptors (Lipinski definition) is 1. The molecule has 0 aromatic carbocycles. The van der Waals surface area contributed by atoms with Crippen molar-refractivity contribution in [3.63, 3.8) is 0 Å². The third-order valence-corrected chi connectivity index (χ3v) is 3.42. The van der Waals surface area contributed by atoms with E-state index >= 15 is 0 Å². The van der Waals surface area contributed by atoms with Crippen LogP contribution in [0.2, 0.25) is 0 Å². The summed E-state index contributed by atoms with van der Waals surface area (Å²) in [6, 6.07) is 0. The molecule has 23 heteroatoms. The van der Waals surface area contributed by atoms with E-state index in [0.29, 0.717) is 0 Å². The van der Waals surface area contributed by atoms with Crippen molar-refractivity contribution in [3.05, 3.63) is 0 Å². The van der Waals surface area contributed by atoms with Crippen molar-refractivity contribution in [2.75, 3.05) is 0 Å². The van der Waals surface area contributed by atoms with Crippen LogP contribution in [0.1, 0.15) is 0 Å². The zero-order valence-electron chi connectivity index (χ0n) is 13.7. The highest BCUT2D eigenvalue weighted by Crippen LogP contribution is 2.63. The van der Waals surface area contributed by atoms with Crippen molar-refractivity contribution in [1.82, 2.24) is 0 Å². The third-order valence-electron chi connectivity index (χ3n) is 3.42. The lowest BCUT2D eigenvalue weighted by Gasteiger charge is -2.42. The van der Waals surface area contributed by atoms with Gasteiger partial charge in [0.25, 0.3) is 0 Å². The van der Waals surface area contributed by atoms with E-state index in [1.165, 1.54) is 0 Å². The minimum atomic E-state index is -8.84. The number of ether oxygens (including phenoxy) is 1. The van der Waals surface area contributed by atoms with Crippen LogP contribution in [0.5, 0.6) is 0 Å². The van der Waals surface area contributed by atoms with Crippen LogP contribution in [-0.4, -0.2) is 60.1 Å². The van der Waals surface area contributed by atoms with Crippen molar-refractivity contribution >= 4 is 0 Å². The third kappa shape index (κ3) is 4.21. The average molecular weight is 554 g/mol. The van der Waals surface area contributed by atoms with Crippen LogP contribution >= 0.6 is 0 Å². The van der Waals surface area contributed by atoms with Crippen molar-refractivity contribution in [2.24, 2.45) is 0 Å². The van der Waals surface area contributed by atoms with Crippen LogP contribution in [0.3, 0.4) is 0 Å². The van der Waals surface area contributed by atoms with E-state index in [1.54, 1.807) is 0 Å². The Bertz CT molecular complexity index is 613. The lowest BCUT2D eigenvalue weighted by molar-refractivity contribution is -0.529. The Morgan fingerprint density at radius 2 is 0.424 bits per heavy atom. The van der Waals surface area contributed by atoms with E-state index in [9.17, 15) is 96.6 Å². The van der Waals surface area contributed by atoms with Crippen LogP contribution in [-0.2, 0) is 4.74 Å². The van der Waals surface area contributed by atoms with E-state index in [0.717, 1.165) is 4.74 Å². The number of halogens is 22. The second-order valence-electron chi connectivity index (χ2n) is 5.59. The van der Waals surface area contributed by atoms with Crippen molar-refractivity contribution in [1.29, 1.82) is 0 Å². The predicted octanol–water partition coefficient (Wildman–Crippen LogP) is 7.13. The molecule has 0 N–H and O–H groups in total. The molecule has 0 amide bonds. The van der Waals surface area contributed by atoms with Crippen LogP contribution in [0.15, 0.2) is 0 Å². The summed E-state index contributed by atoms with van der Waals surface area (Å²) in [4.78, 5) is 0.